The Kier molecular flexibility index (Phi) is 4.57. The van der Waals surface area contributed by atoms with Gasteiger partial charge in [0, 0.05) is 18.8 Å². The Labute approximate surface area is 161 Å². The summed E-state index contributed by atoms with van der Waals surface area (Å²) in [6.45, 7) is 2.07. The highest BCUT2D eigenvalue weighted by Gasteiger charge is 2.36. The third-order valence-corrected chi connectivity index (χ3v) is 4.88. The van der Waals surface area contributed by atoms with Crippen molar-refractivity contribution in [3.8, 4) is 5.75 Å². The normalized spacial score (nSPS) is 18.7. The number of urea groups is 1. The molecule has 2 aromatic carbocycles. The number of rotatable bonds is 3. The van der Waals surface area contributed by atoms with Gasteiger partial charge in [0.05, 0.1) is 5.69 Å². The summed E-state index contributed by atoms with van der Waals surface area (Å²) in [5.41, 5.74) is 1.95. The summed E-state index contributed by atoms with van der Waals surface area (Å²) in [5.74, 6) is -1.42. The lowest BCUT2D eigenvalue weighted by Gasteiger charge is -2.26. The van der Waals surface area contributed by atoms with Gasteiger partial charge < -0.3 is 10.0 Å². The Bertz CT molecular complexity index is 958. The highest BCUT2D eigenvalue weighted by Crippen LogP contribution is 2.25. The Morgan fingerprint density at radius 1 is 0.857 bits per heavy atom. The topological polar surface area (TPSA) is 90.0 Å². The van der Waals surface area contributed by atoms with Crippen LogP contribution in [0.1, 0.15) is 18.4 Å². The van der Waals surface area contributed by atoms with Crippen molar-refractivity contribution in [2.24, 2.45) is 0 Å². The van der Waals surface area contributed by atoms with Crippen LogP contribution >= 0.6 is 0 Å². The fourth-order valence-electron chi connectivity index (χ4n) is 3.42. The summed E-state index contributed by atoms with van der Waals surface area (Å²) >= 11 is 0. The third-order valence-electron chi connectivity index (χ3n) is 4.88. The molecule has 2 heterocycles. The number of imide groups is 2. The molecule has 0 aromatic heterocycles. The molecule has 0 aliphatic carbocycles. The van der Waals surface area contributed by atoms with E-state index < -0.39 is 17.8 Å². The first kappa shape index (κ1) is 17.8. The predicted octanol–water partition coefficient (Wildman–Crippen LogP) is 2.66. The fraction of sp³-hybridized carbons (Fsp3) is 0.190. The van der Waals surface area contributed by atoms with Gasteiger partial charge in [0.1, 0.15) is 11.3 Å². The van der Waals surface area contributed by atoms with Crippen molar-refractivity contribution in [1.82, 2.24) is 5.32 Å². The number of nitrogens with one attached hydrogen (secondary N) is 1. The lowest BCUT2D eigenvalue weighted by molar-refractivity contribution is -0.122. The molecule has 2 fully saturated rings. The van der Waals surface area contributed by atoms with Gasteiger partial charge in [-0.2, -0.15) is 0 Å². The van der Waals surface area contributed by atoms with E-state index in [0.717, 1.165) is 23.7 Å². The molecule has 2 aromatic rings. The summed E-state index contributed by atoms with van der Waals surface area (Å²) in [5, 5.41) is 11.6. The summed E-state index contributed by atoms with van der Waals surface area (Å²) in [6.07, 6.45) is 3.84. The molecule has 0 radical (unpaired) electrons. The van der Waals surface area contributed by atoms with Crippen LogP contribution < -0.4 is 15.1 Å². The molecule has 28 heavy (non-hydrogen) atoms. The zero-order valence-electron chi connectivity index (χ0n) is 15.1. The molecule has 0 atom stereocenters. The average Bonchev–Trinajstić information content (AvgIpc) is 3.22. The van der Waals surface area contributed by atoms with Gasteiger partial charge in [-0.25, -0.2) is 9.69 Å². The largest absolute Gasteiger partial charge is 0.508 e. The van der Waals surface area contributed by atoms with Crippen LogP contribution in [-0.4, -0.2) is 36.0 Å². The van der Waals surface area contributed by atoms with Gasteiger partial charge in [-0.05, 0) is 60.9 Å². The molecule has 0 saturated carbocycles. The van der Waals surface area contributed by atoms with Gasteiger partial charge in [0.15, 0.2) is 0 Å². The maximum Gasteiger partial charge on any atom is 0.335 e. The van der Waals surface area contributed by atoms with E-state index in [1.807, 2.05) is 24.3 Å². The first-order valence-corrected chi connectivity index (χ1v) is 9.08. The van der Waals surface area contributed by atoms with E-state index in [2.05, 4.69) is 10.2 Å². The molecule has 142 valence electrons. The summed E-state index contributed by atoms with van der Waals surface area (Å²) in [7, 11) is 0. The zero-order valence-corrected chi connectivity index (χ0v) is 15.1. The molecule has 2 aliphatic heterocycles. The van der Waals surface area contributed by atoms with E-state index in [1.54, 1.807) is 0 Å². The Balaban J connectivity index is 1.62. The van der Waals surface area contributed by atoms with E-state index in [9.17, 15) is 19.5 Å². The van der Waals surface area contributed by atoms with Crippen molar-refractivity contribution in [3.05, 3.63) is 59.7 Å². The van der Waals surface area contributed by atoms with Crippen LogP contribution in [0, 0.1) is 0 Å². The average molecular weight is 377 g/mol. The van der Waals surface area contributed by atoms with Gasteiger partial charge in [-0.1, -0.05) is 12.1 Å². The van der Waals surface area contributed by atoms with Crippen molar-refractivity contribution in [3.63, 3.8) is 0 Å². The minimum absolute atomic E-state index is 0.0125. The summed E-state index contributed by atoms with van der Waals surface area (Å²) in [4.78, 5) is 40.4. The number of amides is 4. The summed E-state index contributed by atoms with van der Waals surface area (Å²) in [6, 6.07) is 12.4. The second kappa shape index (κ2) is 7.19. The minimum Gasteiger partial charge on any atom is -0.508 e. The summed E-state index contributed by atoms with van der Waals surface area (Å²) < 4.78 is 0. The Hall–Kier alpha value is -3.61. The molecule has 7 nitrogen and oxygen atoms in total. The SMILES string of the molecule is O=C1NC(=O)N(c2ccc(O)cc2)C(=O)/C1=C/c1ccc(N2CCCC2)cc1. The first-order valence-electron chi connectivity index (χ1n) is 9.08. The van der Waals surface area contributed by atoms with Crippen molar-refractivity contribution in [2.75, 3.05) is 22.9 Å². The fourth-order valence-corrected chi connectivity index (χ4v) is 3.42. The number of aromatic hydroxyl groups is 1. The van der Waals surface area contributed by atoms with Crippen LogP contribution in [0.25, 0.3) is 6.08 Å². The monoisotopic (exact) mass is 377 g/mol. The lowest BCUT2D eigenvalue weighted by atomic mass is 10.1. The molecule has 4 rings (SSSR count). The van der Waals surface area contributed by atoms with Crippen LogP contribution in [0.3, 0.4) is 0 Å². The molecular formula is C21H19N3O4. The van der Waals surface area contributed by atoms with Crippen LogP contribution in [-0.2, 0) is 9.59 Å². The quantitative estimate of drug-likeness (QED) is 0.634. The number of phenolic OH excluding ortho intramolecular Hbond substituents is 1. The second-order valence-corrected chi connectivity index (χ2v) is 6.76. The van der Waals surface area contributed by atoms with Crippen molar-refractivity contribution in [1.29, 1.82) is 0 Å². The smallest absolute Gasteiger partial charge is 0.335 e. The van der Waals surface area contributed by atoms with Crippen LogP contribution in [0.4, 0.5) is 16.2 Å². The first-order chi connectivity index (χ1) is 13.5. The standard InChI is InChI=1S/C21H19N3O4/c25-17-9-7-16(8-10-17)24-20(27)18(19(26)22-21(24)28)13-14-3-5-15(6-4-14)23-11-1-2-12-23/h3-10,13,25H,1-2,11-12H2,(H,22,26,28)/b18-13+. The lowest BCUT2D eigenvalue weighted by Crippen LogP contribution is -2.54. The van der Waals surface area contributed by atoms with Crippen molar-refractivity contribution >= 4 is 35.3 Å². The highest BCUT2D eigenvalue weighted by molar-refractivity contribution is 6.39. The van der Waals surface area contributed by atoms with Crippen LogP contribution in [0.2, 0.25) is 0 Å². The Morgan fingerprint density at radius 3 is 2.11 bits per heavy atom. The number of carbonyl (C=O) groups excluding carboxylic acids is 3. The van der Waals surface area contributed by atoms with Crippen molar-refractivity contribution in [2.45, 2.75) is 12.8 Å². The predicted molar refractivity (Wildman–Crippen MR) is 105 cm³/mol. The molecule has 0 unspecified atom stereocenters. The van der Waals surface area contributed by atoms with Crippen molar-refractivity contribution < 1.29 is 19.5 Å². The molecule has 2 aliphatic rings. The minimum atomic E-state index is -0.817. The molecule has 0 bridgehead atoms. The van der Waals surface area contributed by atoms with E-state index in [1.165, 1.54) is 43.2 Å². The van der Waals surface area contributed by atoms with Crippen LogP contribution in [0.5, 0.6) is 5.75 Å². The van der Waals surface area contributed by atoms with Gasteiger partial charge in [0.25, 0.3) is 11.8 Å². The van der Waals surface area contributed by atoms with Crippen LogP contribution in [0.15, 0.2) is 54.1 Å². The second-order valence-electron chi connectivity index (χ2n) is 6.76. The number of hydrogen-bond donors (Lipinski definition) is 2. The highest BCUT2D eigenvalue weighted by atomic mass is 16.3. The van der Waals surface area contributed by atoms with Gasteiger partial charge in [-0.3, -0.25) is 14.9 Å². The number of anilines is 2. The number of benzene rings is 2. The van der Waals surface area contributed by atoms with Gasteiger partial charge in [0.2, 0.25) is 0 Å². The maximum atomic E-state index is 12.8. The van der Waals surface area contributed by atoms with E-state index in [0.29, 0.717) is 5.56 Å². The number of hydrogen-bond acceptors (Lipinski definition) is 5. The third kappa shape index (κ3) is 3.34. The molecular weight excluding hydrogens is 358 g/mol. The van der Waals surface area contributed by atoms with E-state index in [-0.39, 0.29) is 17.0 Å². The maximum absolute atomic E-state index is 12.8. The zero-order chi connectivity index (χ0) is 19.7. The Morgan fingerprint density at radius 2 is 1.46 bits per heavy atom. The molecule has 7 heteroatoms. The number of phenols is 1. The molecule has 0 spiro atoms. The number of carbonyl (C=O) groups is 3. The molecule has 2 N–H and O–H groups in total. The molecule has 2 saturated heterocycles. The number of barbiturate groups is 1. The van der Waals surface area contributed by atoms with E-state index >= 15 is 0 Å². The van der Waals surface area contributed by atoms with Gasteiger partial charge >= 0.3 is 6.03 Å². The number of nitrogens with zero attached hydrogens (tertiary/aromatic N) is 2. The van der Waals surface area contributed by atoms with E-state index in [4.69, 9.17) is 0 Å². The van der Waals surface area contributed by atoms with Gasteiger partial charge in [-0.15, -0.1) is 0 Å². The molecule has 4 amide bonds.